The van der Waals surface area contributed by atoms with E-state index < -0.39 is 0 Å². The summed E-state index contributed by atoms with van der Waals surface area (Å²) in [5.41, 5.74) is 0. The molecule has 1 aliphatic heterocycles. The maximum atomic E-state index is 3.62. The van der Waals surface area contributed by atoms with Crippen LogP contribution in [0.3, 0.4) is 0 Å². The minimum atomic E-state index is 0.703. The van der Waals surface area contributed by atoms with Crippen LogP contribution >= 0.6 is 0 Å². The summed E-state index contributed by atoms with van der Waals surface area (Å²) >= 11 is 0. The summed E-state index contributed by atoms with van der Waals surface area (Å²) in [5, 5.41) is 3.62. The molecule has 1 aliphatic rings. The first kappa shape index (κ1) is 13.0. The Balaban J connectivity index is 2.08. The predicted octanol–water partition coefficient (Wildman–Crippen LogP) is 2.64. The fraction of sp³-hybridized carbons (Fsp3) is 1.00. The third kappa shape index (κ3) is 4.98. The van der Waals surface area contributed by atoms with Gasteiger partial charge in [-0.25, -0.2) is 0 Å². The summed E-state index contributed by atoms with van der Waals surface area (Å²) in [5.74, 6) is 0. The Morgan fingerprint density at radius 3 is 2.67 bits per heavy atom. The number of nitrogens with one attached hydrogen (secondary N) is 1. The molecule has 1 atom stereocenters. The predicted molar refractivity (Wildman–Crippen MR) is 67.3 cm³/mol. The lowest BCUT2D eigenvalue weighted by molar-refractivity contribution is 0.222. The molecule has 0 spiro atoms. The van der Waals surface area contributed by atoms with Gasteiger partial charge in [-0.3, -0.25) is 0 Å². The molecule has 0 aromatic rings. The van der Waals surface area contributed by atoms with E-state index in [1.54, 1.807) is 0 Å². The maximum absolute atomic E-state index is 3.62. The molecule has 1 heterocycles. The van der Waals surface area contributed by atoms with Gasteiger partial charge in [-0.15, -0.1) is 0 Å². The van der Waals surface area contributed by atoms with Gasteiger partial charge in [-0.05, 0) is 59.2 Å². The van der Waals surface area contributed by atoms with E-state index in [1.807, 2.05) is 0 Å². The number of hydrogen-bond acceptors (Lipinski definition) is 2. The van der Waals surface area contributed by atoms with Gasteiger partial charge in [0.25, 0.3) is 0 Å². The second kappa shape index (κ2) is 7.24. The number of nitrogens with zero attached hydrogens (tertiary/aromatic N) is 1. The Kier molecular flexibility index (Phi) is 6.26. The molecule has 1 fully saturated rings. The van der Waals surface area contributed by atoms with E-state index in [0.29, 0.717) is 6.04 Å². The molecule has 1 rings (SSSR count). The Morgan fingerprint density at radius 1 is 1.33 bits per heavy atom. The zero-order valence-corrected chi connectivity index (χ0v) is 10.8. The highest BCUT2D eigenvalue weighted by Crippen LogP contribution is 2.12. The van der Waals surface area contributed by atoms with Crippen LogP contribution in [0.5, 0.6) is 0 Å². The lowest BCUT2D eigenvalue weighted by atomic mass is 10.0. The van der Waals surface area contributed by atoms with Crippen LogP contribution in [0.1, 0.15) is 52.9 Å². The van der Waals surface area contributed by atoms with Crippen molar-refractivity contribution in [3.63, 3.8) is 0 Å². The Labute approximate surface area is 95.4 Å². The molecule has 1 N–H and O–H groups in total. The fourth-order valence-electron chi connectivity index (χ4n) is 2.49. The van der Waals surface area contributed by atoms with Gasteiger partial charge in [0.2, 0.25) is 0 Å². The van der Waals surface area contributed by atoms with E-state index in [9.17, 15) is 0 Å². The summed E-state index contributed by atoms with van der Waals surface area (Å²) in [6.07, 6.45) is 6.92. The Morgan fingerprint density at radius 2 is 2.13 bits per heavy atom. The summed E-state index contributed by atoms with van der Waals surface area (Å²) < 4.78 is 0. The second-order valence-corrected chi connectivity index (χ2v) is 5.01. The topological polar surface area (TPSA) is 15.3 Å². The molecular formula is C13H28N2. The van der Waals surface area contributed by atoms with Gasteiger partial charge in [0.05, 0.1) is 0 Å². The van der Waals surface area contributed by atoms with Crippen LogP contribution in [0.25, 0.3) is 0 Å². The van der Waals surface area contributed by atoms with Crippen molar-refractivity contribution in [2.24, 2.45) is 0 Å². The van der Waals surface area contributed by atoms with Crippen LogP contribution in [0.15, 0.2) is 0 Å². The van der Waals surface area contributed by atoms with Crippen molar-refractivity contribution in [3.8, 4) is 0 Å². The van der Waals surface area contributed by atoms with Gasteiger partial charge >= 0.3 is 0 Å². The van der Waals surface area contributed by atoms with E-state index in [4.69, 9.17) is 0 Å². The molecule has 2 heteroatoms. The first-order valence-electron chi connectivity index (χ1n) is 6.71. The molecule has 0 aromatic carbocycles. The van der Waals surface area contributed by atoms with E-state index in [2.05, 4.69) is 31.0 Å². The molecule has 0 aromatic heterocycles. The van der Waals surface area contributed by atoms with Crippen molar-refractivity contribution < 1.29 is 0 Å². The van der Waals surface area contributed by atoms with Crippen LogP contribution in [-0.2, 0) is 0 Å². The maximum Gasteiger partial charge on any atom is 0.00675 e. The highest BCUT2D eigenvalue weighted by atomic mass is 15.1. The average molecular weight is 212 g/mol. The zero-order valence-electron chi connectivity index (χ0n) is 10.8. The smallest absolute Gasteiger partial charge is 0.00675 e. The SMILES string of the molecule is CCN(CCCC1CCCCN1)C(C)C. The molecule has 15 heavy (non-hydrogen) atoms. The van der Waals surface area contributed by atoms with E-state index >= 15 is 0 Å². The fourth-order valence-corrected chi connectivity index (χ4v) is 2.49. The van der Waals surface area contributed by atoms with Gasteiger partial charge < -0.3 is 10.2 Å². The third-order valence-corrected chi connectivity index (χ3v) is 3.55. The summed E-state index contributed by atoms with van der Waals surface area (Å²) in [4.78, 5) is 2.56. The van der Waals surface area contributed by atoms with Crippen molar-refractivity contribution in [1.29, 1.82) is 0 Å². The highest BCUT2D eigenvalue weighted by Gasteiger charge is 2.13. The van der Waals surface area contributed by atoms with E-state index in [1.165, 1.54) is 51.7 Å². The standard InChI is InChI=1S/C13H28N2/c1-4-15(12(2)3)11-7-9-13-8-5-6-10-14-13/h12-14H,4-11H2,1-3H3. The Hall–Kier alpha value is -0.0800. The van der Waals surface area contributed by atoms with E-state index in [0.717, 1.165) is 6.04 Å². The molecule has 90 valence electrons. The first-order valence-corrected chi connectivity index (χ1v) is 6.71. The van der Waals surface area contributed by atoms with Crippen molar-refractivity contribution in [1.82, 2.24) is 10.2 Å². The quantitative estimate of drug-likeness (QED) is 0.728. The summed E-state index contributed by atoms with van der Waals surface area (Å²) in [6.45, 7) is 10.6. The monoisotopic (exact) mass is 212 g/mol. The van der Waals surface area contributed by atoms with Crippen LogP contribution in [-0.4, -0.2) is 36.6 Å². The molecule has 1 unspecified atom stereocenters. The normalized spacial score (nSPS) is 22.6. The minimum Gasteiger partial charge on any atom is -0.314 e. The molecule has 0 aliphatic carbocycles. The molecule has 0 bridgehead atoms. The zero-order chi connectivity index (χ0) is 11.1. The number of piperidine rings is 1. The van der Waals surface area contributed by atoms with Gasteiger partial charge in [-0.2, -0.15) is 0 Å². The largest absolute Gasteiger partial charge is 0.314 e. The van der Waals surface area contributed by atoms with Crippen LogP contribution < -0.4 is 5.32 Å². The van der Waals surface area contributed by atoms with Gasteiger partial charge in [0, 0.05) is 12.1 Å². The van der Waals surface area contributed by atoms with Crippen LogP contribution in [0.2, 0.25) is 0 Å². The lowest BCUT2D eigenvalue weighted by Crippen LogP contribution is -2.36. The van der Waals surface area contributed by atoms with Crippen molar-refractivity contribution >= 4 is 0 Å². The van der Waals surface area contributed by atoms with Gasteiger partial charge in [-0.1, -0.05) is 13.3 Å². The van der Waals surface area contributed by atoms with Crippen molar-refractivity contribution in [2.45, 2.75) is 65.0 Å². The first-order chi connectivity index (χ1) is 7.24. The van der Waals surface area contributed by atoms with Gasteiger partial charge in [0.1, 0.15) is 0 Å². The molecular weight excluding hydrogens is 184 g/mol. The average Bonchev–Trinajstić information content (AvgIpc) is 2.25. The highest BCUT2D eigenvalue weighted by molar-refractivity contribution is 4.73. The Bertz CT molecular complexity index is 151. The molecule has 1 saturated heterocycles. The van der Waals surface area contributed by atoms with E-state index in [-0.39, 0.29) is 0 Å². The molecule has 0 saturated carbocycles. The van der Waals surface area contributed by atoms with Gasteiger partial charge in [0.15, 0.2) is 0 Å². The third-order valence-electron chi connectivity index (χ3n) is 3.55. The lowest BCUT2D eigenvalue weighted by Gasteiger charge is -2.27. The molecule has 0 radical (unpaired) electrons. The summed E-state index contributed by atoms with van der Waals surface area (Å²) in [6, 6.07) is 1.51. The molecule has 2 nitrogen and oxygen atoms in total. The molecule has 0 amide bonds. The van der Waals surface area contributed by atoms with Crippen molar-refractivity contribution in [3.05, 3.63) is 0 Å². The van der Waals surface area contributed by atoms with Crippen LogP contribution in [0.4, 0.5) is 0 Å². The minimum absolute atomic E-state index is 0.703. The number of rotatable bonds is 6. The number of hydrogen-bond donors (Lipinski definition) is 1. The summed E-state index contributed by atoms with van der Waals surface area (Å²) in [7, 11) is 0. The second-order valence-electron chi connectivity index (χ2n) is 5.01. The van der Waals surface area contributed by atoms with Crippen LogP contribution in [0, 0.1) is 0 Å². The van der Waals surface area contributed by atoms with Crippen molar-refractivity contribution in [2.75, 3.05) is 19.6 Å².